The van der Waals surface area contributed by atoms with Gasteiger partial charge in [-0.3, -0.25) is 4.52 Å². The van der Waals surface area contributed by atoms with E-state index >= 15 is 0 Å². The van der Waals surface area contributed by atoms with Crippen LogP contribution >= 0.6 is 15.6 Å². The smallest absolute Gasteiger partial charge is 0.303 e. The molecule has 0 aliphatic rings. The van der Waals surface area contributed by atoms with E-state index < -0.39 is 15.6 Å². The van der Waals surface area contributed by atoms with Gasteiger partial charge in [0, 0.05) is 0 Å². The van der Waals surface area contributed by atoms with Crippen LogP contribution in [0.15, 0.2) is 0 Å². The van der Waals surface area contributed by atoms with Gasteiger partial charge in [-0.1, -0.05) is 13.8 Å². The Balaban J connectivity index is 0. The van der Waals surface area contributed by atoms with E-state index in [2.05, 4.69) is 18.4 Å². The summed E-state index contributed by atoms with van der Waals surface area (Å²) in [5, 5.41) is 0. The van der Waals surface area contributed by atoms with Crippen LogP contribution in [0.4, 0.5) is 0 Å². The molecule has 10 heteroatoms. The predicted octanol–water partition coefficient (Wildman–Crippen LogP) is 0.603. The summed E-state index contributed by atoms with van der Waals surface area (Å²) in [6, 6.07) is 0. The molecule has 0 heterocycles. The van der Waals surface area contributed by atoms with Gasteiger partial charge in [0.15, 0.2) is 0 Å². The molecule has 0 unspecified atom stereocenters. The van der Waals surface area contributed by atoms with Crippen molar-refractivity contribution in [2.75, 3.05) is 6.61 Å². The number of phosphoric acid groups is 2. The van der Waals surface area contributed by atoms with Crippen molar-refractivity contribution in [2.45, 2.75) is 26.7 Å². The Kier molecular flexibility index (Phi) is 9.68. The van der Waals surface area contributed by atoms with Crippen LogP contribution in [0, 0.1) is 5.92 Å². The van der Waals surface area contributed by atoms with Gasteiger partial charge in [-0.25, -0.2) is 9.13 Å². The molecule has 0 aliphatic heterocycles. The highest BCUT2D eigenvalue weighted by molar-refractivity contribution is 7.46. The highest BCUT2D eigenvalue weighted by atomic mass is 31.2. The molecule has 0 saturated heterocycles. The van der Waals surface area contributed by atoms with E-state index in [1.54, 1.807) is 0 Å². The molecule has 0 spiro atoms. The summed E-state index contributed by atoms with van der Waals surface area (Å²) < 4.78 is 23.3. The van der Waals surface area contributed by atoms with Crippen molar-refractivity contribution in [3.63, 3.8) is 0 Å². The minimum atomic E-state index is -4.64. The molecule has 0 aromatic carbocycles. The van der Waals surface area contributed by atoms with Gasteiger partial charge in [0.25, 0.3) is 0 Å². The number of hydrogen-bond donors (Lipinski definition) is 5. The molecule has 0 atom stereocenters. The van der Waals surface area contributed by atoms with E-state index in [1.165, 1.54) is 0 Å². The first-order valence-electron chi connectivity index (χ1n) is 4.40. The van der Waals surface area contributed by atoms with Crippen molar-refractivity contribution in [1.29, 1.82) is 0 Å². The summed E-state index contributed by atoms with van der Waals surface area (Å²) in [7, 11) is -8.86. The molecule has 0 aliphatic carbocycles. The second-order valence-electron chi connectivity index (χ2n) is 3.37. The molecule has 0 bridgehead atoms. The molecule has 0 radical (unpaired) electrons. The van der Waals surface area contributed by atoms with Crippen LogP contribution in [0.1, 0.15) is 26.7 Å². The number of hydrogen-bond acceptors (Lipinski definition) is 3. The highest BCUT2D eigenvalue weighted by Gasteiger charge is 2.12. The zero-order valence-electron chi connectivity index (χ0n) is 9.05. The van der Waals surface area contributed by atoms with Crippen molar-refractivity contribution in [1.82, 2.24) is 0 Å². The lowest BCUT2D eigenvalue weighted by atomic mass is 10.1. The van der Waals surface area contributed by atoms with E-state index in [4.69, 9.17) is 29.0 Å². The molecule has 0 aromatic rings. The molecular formula is C6H18O8P2. The Labute approximate surface area is 93.8 Å². The second-order valence-corrected chi connectivity index (χ2v) is 5.64. The third kappa shape index (κ3) is 36.8. The fourth-order valence-electron chi connectivity index (χ4n) is 0.675. The van der Waals surface area contributed by atoms with E-state index in [0.29, 0.717) is 12.3 Å². The first-order chi connectivity index (χ1) is 6.92. The van der Waals surface area contributed by atoms with Crippen LogP contribution in [0.2, 0.25) is 0 Å². The standard InChI is InChI=1S/C6H15O4P.H3O4P/c1-6(2)4-3-5-10-11(7,8)9;1-5(2,3)4/h6H,3-5H2,1-2H3,(H2,7,8,9);(H3,1,2,3,4). The maximum atomic E-state index is 10.1. The van der Waals surface area contributed by atoms with Crippen LogP contribution in [-0.2, 0) is 13.7 Å². The average molecular weight is 280 g/mol. The van der Waals surface area contributed by atoms with Crippen molar-refractivity contribution < 1.29 is 38.1 Å². The van der Waals surface area contributed by atoms with Crippen molar-refractivity contribution in [3.8, 4) is 0 Å². The summed E-state index contributed by atoms with van der Waals surface area (Å²) in [5.41, 5.74) is 0. The third-order valence-corrected chi connectivity index (χ3v) is 1.70. The lowest BCUT2D eigenvalue weighted by Crippen LogP contribution is -1.95. The largest absolute Gasteiger partial charge is 0.469 e. The topological polar surface area (TPSA) is 145 Å². The van der Waals surface area contributed by atoms with Crippen LogP contribution in [0.3, 0.4) is 0 Å². The molecule has 0 saturated carbocycles. The Morgan fingerprint density at radius 1 is 1.06 bits per heavy atom. The number of phosphoric ester groups is 1. The fraction of sp³-hybridized carbons (Fsp3) is 1.00. The fourth-order valence-corrected chi connectivity index (χ4v) is 1.04. The van der Waals surface area contributed by atoms with E-state index in [1.807, 2.05) is 0 Å². The van der Waals surface area contributed by atoms with E-state index in [-0.39, 0.29) is 6.61 Å². The Hall–Kier alpha value is 0.220. The van der Waals surface area contributed by atoms with Gasteiger partial charge in [-0.2, -0.15) is 0 Å². The summed E-state index contributed by atoms with van der Waals surface area (Å²) in [5.74, 6) is 0.551. The van der Waals surface area contributed by atoms with Gasteiger partial charge in [-0.05, 0) is 18.8 Å². The Morgan fingerprint density at radius 2 is 1.44 bits per heavy atom. The minimum Gasteiger partial charge on any atom is -0.303 e. The predicted molar refractivity (Wildman–Crippen MR) is 56.3 cm³/mol. The molecule has 0 aromatic heterocycles. The molecule has 5 N–H and O–H groups in total. The van der Waals surface area contributed by atoms with Crippen molar-refractivity contribution >= 4 is 15.6 Å². The average Bonchev–Trinajstić information content (AvgIpc) is 1.92. The normalized spacial score (nSPS) is 12.2. The van der Waals surface area contributed by atoms with Gasteiger partial charge in [0.2, 0.25) is 0 Å². The molecule has 0 rings (SSSR count). The van der Waals surface area contributed by atoms with Gasteiger partial charge in [-0.15, -0.1) is 0 Å². The van der Waals surface area contributed by atoms with Crippen molar-refractivity contribution in [2.24, 2.45) is 5.92 Å². The molecule has 8 nitrogen and oxygen atoms in total. The Morgan fingerprint density at radius 3 is 1.69 bits per heavy atom. The van der Waals surface area contributed by atoms with Crippen molar-refractivity contribution in [3.05, 3.63) is 0 Å². The molecule has 0 fully saturated rings. The molecular weight excluding hydrogens is 262 g/mol. The Bertz CT molecular complexity index is 245. The first kappa shape index (κ1) is 18.6. The lowest BCUT2D eigenvalue weighted by molar-refractivity contribution is 0.191. The van der Waals surface area contributed by atoms with Crippen LogP contribution in [0.5, 0.6) is 0 Å². The zero-order chi connectivity index (χ0) is 13.4. The second kappa shape index (κ2) is 8.33. The summed E-state index contributed by atoms with van der Waals surface area (Å²) >= 11 is 0. The third-order valence-electron chi connectivity index (χ3n) is 1.19. The van der Waals surface area contributed by atoms with Crippen LogP contribution in [0.25, 0.3) is 0 Å². The van der Waals surface area contributed by atoms with E-state index in [9.17, 15) is 4.57 Å². The van der Waals surface area contributed by atoms with E-state index in [0.717, 1.165) is 6.42 Å². The molecule has 16 heavy (non-hydrogen) atoms. The van der Waals surface area contributed by atoms with Crippen LogP contribution in [-0.4, -0.2) is 31.1 Å². The lowest BCUT2D eigenvalue weighted by Gasteiger charge is -2.05. The monoisotopic (exact) mass is 280 g/mol. The van der Waals surface area contributed by atoms with Crippen LogP contribution < -0.4 is 0 Å². The quantitative estimate of drug-likeness (QED) is 0.363. The summed E-state index contributed by atoms with van der Waals surface area (Å²) in [6.07, 6.45) is 1.63. The summed E-state index contributed by atoms with van der Waals surface area (Å²) in [6.45, 7) is 4.25. The zero-order valence-corrected chi connectivity index (χ0v) is 10.8. The minimum absolute atomic E-state index is 0.141. The highest BCUT2D eigenvalue weighted by Crippen LogP contribution is 2.35. The van der Waals surface area contributed by atoms with Gasteiger partial charge < -0.3 is 24.5 Å². The first-order valence-corrected chi connectivity index (χ1v) is 7.49. The van der Waals surface area contributed by atoms with Gasteiger partial charge >= 0.3 is 15.6 Å². The maximum Gasteiger partial charge on any atom is 0.469 e. The molecule has 100 valence electrons. The summed E-state index contributed by atoms with van der Waals surface area (Å²) in [4.78, 5) is 38.1. The van der Waals surface area contributed by atoms with Gasteiger partial charge in [0.1, 0.15) is 0 Å². The number of rotatable bonds is 5. The maximum absolute atomic E-state index is 10.1. The molecule has 0 amide bonds. The SMILES string of the molecule is CC(C)CCCOP(=O)(O)O.O=P(O)(O)O. The van der Waals surface area contributed by atoms with Gasteiger partial charge in [0.05, 0.1) is 6.61 Å².